The first-order valence-corrected chi connectivity index (χ1v) is 11.7. The molecule has 0 aliphatic carbocycles. The van der Waals surface area contributed by atoms with E-state index in [0.717, 1.165) is 29.8 Å². The molecule has 0 amide bonds. The topological polar surface area (TPSA) is 82.8 Å². The number of fused-ring (bicyclic) bond motifs is 3. The molecule has 0 saturated carbocycles. The number of ether oxygens (including phenoxy) is 2. The van der Waals surface area contributed by atoms with Crippen LogP contribution in [0.3, 0.4) is 0 Å². The van der Waals surface area contributed by atoms with Gasteiger partial charge in [-0.2, -0.15) is 5.26 Å². The molecule has 0 unspecified atom stereocenters. The highest BCUT2D eigenvalue weighted by molar-refractivity contribution is 7.17. The Morgan fingerprint density at radius 3 is 2.61 bits per heavy atom. The average Bonchev–Trinajstić information content (AvgIpc) is 3.12. The van der Waals surface area contributed by atoms with Gasteiger partial charge < -0.3 is 19.5 Å². The fourth-order valence-corrected chi connectivity index (χ4v) is 5.58. The number of para-hydroxylation sites is 1. The SMILES string of the molecule is CCN1c2ccccc2CCc2cc(-c3sc(/C=C(\C#N)C(=O)O)c4c3OCCO4)ccc21. The largest absolute Gasteiger partial charge is 0.485 e. The number of carboxylic acids is 1. The van der Waals surface area contributed by atoms with Gasteiger partial charge in [0.15, 0.2) is 11.5 Å². The molecule has 6 nitrogen and oxygen atoms in total. The van der Waals surface area contributed by atoms with Gasteiger partial charge in [0.1, 0.15) is 24.9 Å². The molecule has 33 heavy (non-hydrogen) atoms. The van der Waals surface area contributed by atoms with Crippen LogP contribution in [-0.2, 0) is 17.6 Å². The number of nitrogens with zero attached hydrogens (tertiary/aromatic N) is 2. The Bertz CT molecular complexity index is 1320. The van der Waals surface area contributed by atoms with Crippen LogP contribution in [0.1, 0.15) is 22.9 Å². The van der Waals surface area contributed by atoms with E-state index in [1.165, 1.54) is 39.9 Å². The van der Waals surface area contributed by atoms with Crippen molar-refractivity contribution in [3.8, 4) is 28.0 Å². The van der Waals surface area contributed by atoms with Crippen molar-refractivity contribution in [1.29, 1.82) is 5.26 Å². The van der Waals surface area contributed by atoms with Gasteiger partial charge in [0, 0.05) is 17.9 Å². The molecule has 5 rings (SSSR count). The minimum Gasteiger partial charge on any atom is -0.485 e. The number of carboxylic acid groups (broad SMARTS) is 1. The maximum absolute atomic E-state index is 11.4. The van der Waals surface area contributed by atoms with Crippen LogP contribution in [0.5, 0.6) is 11.5 Å². The summed E-state index contributed by atoms with van der Waals surface area (Å²) in [5.41, 5.74) is 5.71. The van der Waals surface area contributed by atoms with E-state index >= 15 is 0 Å². The first kappa shape index (κ1) is 21.1. The molecule has 2 aromatic carbocycles. The monoisotopic (exact) mass is 458 g/mol. The normalized spacial score (nSPS) is 14.7. The van der Waals surface area contributed by atoms with E-state index in [1.807, 2.05) is 0 Å². The number of thiophene rings is 1. The number of rotatable bonds is 4. The summed E-state index contributed by atoms with van der Waals surface area (Å²) in [5.74, 6) is -0.139. The highest BCUT2D eigenvalue weighted by atomic mass is 32.1. The summed E-state index contributed by atoms with van der Waals surface area (Å²) in [5, 5.41) is 18.5. The zero-order valence-electron chi connectivity index (χ0n) is 18.1. The third-order valence-electron chi connectivity index (χ3n) is 5.95. The third kappa shape index (κ3) is 3.73. The molecule has 3 aromatic rings. The zero-order valence-corrected chi connectivity index (χ0v) is 18.9. The van der Waals surface area contributed by atoms with Crippen molar-refractivity contribution in [3.05, 3.63) is 64.0 Å². The molecule has 166 valence electrons. The summed E-state index contributed by atoms with van der Waals surface area (Å²) in [7, 11) is 0. The summed E-state index contributed by atoms with van der Waals surface area (Å²) in [6.45, 7) is 3.84. The molecule has 1 N–H and O–H groups in total. The van der Waals surface area contributed by atoms with Crippen LogP contribution in [-0.4, -0.2) is 30.8 Å². The van der Waals surface area contributed by atoms with Crippen molar-refractivity contribution in [2.45, 2.75) is 19.8 Å². The number of carbonyl (C=O) groups is 1. The minimum absolute atomic E-state index is 0.335. The van der Waals surface area contributed by atoms with E-state index in [4.69, 9.17) is 9.47 Å². The van der Waals surface area contributed by atoms with Crippen molar-refractivity contribution in [1.82, 2.24) is 0 Å². The van der Waals surface area contributed by atoms with Crippen molar-refractivity contribution < 1.29 is 19.4 Å². The zero-order chi connectivity index (χ0) is 22.9. The maximum Gasteiger partial charge on any atom is 0.346 e. The van der Waals surface area contributed by atoms with E-state index in [1.54, 1.807) is 6.07 Å². The van der Waals surface area contributed by atoms with Crippen LogP contribution in [0.15, 0.2) is 48.0 Å². The van der Waals surface area contributed by atoms with Crippen LogP contribution >= 0.6 is 11.3 Å². The quantitative estimate of drug-likeness (QED) is 0.414. The first-order valence-electron chi connectivity index (χ1n) is 10.9. The number of aliphatic carboxylic acids is 1. The Kier molecular flexibility index (Phi) is 5.53. The number of benzene rings is 2. The summed E-state index contributed by atoms with van der Waals surface area (Å²) in [4.78, 5) is 15.2. The van der Waals surface area contributed by atoms with Gasteiger partial charge in [0.05, 0.1) is 9.75 Å². The Balaban J connectivity index is 1.61. The van der Waals surface area contributed by atoms with Crippen molar-refractivity contribution >= 4 is 34.8 Å². The second kappa shape index (κ2) is 8.64. The van der Waals surface area contributed by atoms with Gasteiger partial charge in [0.2, 0.25) is 0 Å². The fourth-order valence-electron chi connectivity index (χ4n) is 4.45. The molecule has 7 heteroatoms. The molecule has 0 fully saturated rings. The van der Waals surface area contributed by atoms with Crippen LogP contribution in [0.4, 0.5) is 11.4 Å². The molecule has 1 aromatic heterocycles. The summed E-state index contributed by atoms with van der Waals surface area (Å²) < 4.78 is 11.8. The predicted molar refractivity (Wildman–Crippen MR) is 129 cm³/mol. The van der Waals surface area contributed by atoms with Gasteiger partial charge in [0.25, 0.3) is 0 Å². The predicted octanol–water partition coefficient (Wildman–Crippen LogP) is 5.43. The maximum atomic E-state index is 11.4. The Labute approximate surface area is 195 Å². The third-order valence-corrected chi connectivity index (χ3v) is 7.09. The van der Waals surface area contributed by atoms with Crippen LogP contribution < -0.4 is 14.4 Å². The van der Waals surface area contributed by atoms with E-state index in [2.05, 4.69) is 54.3 Å². The molecule has 3 heterocycles. The molecule has 0 radical (unpaired) electrons. The Morgan fingerprint density at radius 2 is 1.85 bits per heavy atom. The number of aryl methyl sites for hydroxylation is 2. The minimum atomic E-state index is -1.26. The van der Waals surface area contributed by atoms with Crippen molar-refractivity contribution in [2.75, 3.05) is 24.7 Å². The second-order valence-corrected chi connectivity index (χ2v) is 8.89. The van der Waals surface area contributed by atoms with Gasteiger partial charge in [-0.15, -0.1) is 11.3 Å². The van der Waals surface area contributed by atoms with Crippen LogP contribution in [0, 0.1) is 11.3 Å². The van der Waals surface area contributed by atoms with Gasteiger partial charge >= 0.3 is 5.97 Å². The lowest BCUT2D eigenvalue weighted by molar-refractivity contribution is -0.132. The molecule has 0 bridgehead atoms. The fraction of sp³-hybridized carbons (Fsp3) is 0.231. The Morgan fingerprint density at radius 1 is 1.12 bits per heavy atom. The second-order valence-electron chi connectivity index (χ2n) is 7.84. The van der Waals surface area contributed by atoms with E-state index in [9.17, 15) is 15.2 Å². The highest BCUT2D eigenvalue weighted by Crippen LogP contribution is 2.51. The van der Waals surface area contributed by atoms with Gasteiger partial charge in [-0.05, 0) is 60.7 Å². The summed E-state index contributed by atoms with van der Waals surface area (Å²) >= 11 is 1.38. The van der Waals surface area contributed by atoms with Gasteiger partial charge in [-0.25, -0.2) is 4.79 Å². The van der Waals surface area contributed by atoms with Gasteiger partial charge in [-0.3, -0.25) is 0 Å². The number of anilines is 2. The van der Waals surface area contributed by atoms with Crippen molar-refractivity contribution in [3.63, 3.8) is 0 Å². The molecular weight excluding hydrogens is 436 g/mol. The van der Waals surface area contributed by atoms with E-state index < -0.39 is 5.97 Å². The number of hydrogen-bond acceptors (Lipinski definition) is 6. The molecule has 2 aliphatic heterocycles. The van der Waals surface area contributed by atoms with Crippen molar-refractivity contribution in [2.24, 2.45) is 0 Å². The number of hydrogen-bond donors (Lipinski definition) is 1. The highest BCUT2D eigenvalue weighted by Gasteiger charge is 2.27. The summed E-state index contributed by atoms with van der Waals surface area (Å²) in [6.07, 6.45) is 3.25. The van der Waals surface area contributed by atoms with Crippen LogP contribution in [0.25, 0.3) is 16.5 Å². The van der Waals surface area contributed by atoms with E-state index in [0.29, 0.717) is 29.6 Å². The lowest BCUT2D eigenvalue weighted by atomic mass is 10.0. The summed E-state index contributed by atoms with van der Waals surface area (Å²) in [6, 6.07) is 16.7. The number of nitriles is 1. The first-order chi connectivity index (χ1) is 16.1. The van der Waals surface area contributed by atoms with E-state index in [-0.39, 0.29) is 5.57 Å². The standard InChI is InChI=1S/C26H22N2O4S/c1-2-28-20-6-4-3-5-16(20)7-8-17-13-18(9-10-21(17)28)25-24-23(31-11-12-32-24)22(33-25)14-19(15-27)26(29)30/h3-6,9-10,13-14H,2,7-8,11-12H2,1H3,(H,29,30)/b19-14+. The molecular formula is C26H22N2O4S. The lowest BCUT2D eigenvalue weighted by Crippen LogP contribution is -2.17. The molecule has 0 saturated heterocycles. The smallest absolute Gasteiger partial charge is 0.346 e. The Hall–Kier alpha value is -3.76. The molecule has 2 aliphatic rings. The van der Waals surface area contributed by atoms with Crippen LogP contribution in [0.2, 0.25) is 0 Å². The average molecular weight is 459 g/mol. The van der Waals surface area contributed by atoms with Gasteiger partial charge in [-0.1, -0.05) is 24.3 Å². The lowest BCUT2D eigenvalue weighted by Gasteiger charge is -2.25. The molecule has 0 spiro atoms. The molecule has 0 atom stereocenters.